The molecule has 0 bridgehead atoms. The highest BCUT2D eigenvalue weighted by atomic mass is 35.5. The van der Waals surface area contributed by atoms with E-state index in [0.717, 1.165) is 0 Å². The minimum Gasteiger partial charge on any atom is -0.481 e. The van der Waals surface area contributed by atoms with Gasteiger partial charge < -0.3 is 15.8 Å². The Balaban J connectivity index is 2.33. The molecular formula is C12H11Cl2N3O. The van der Waals surface area contributed by atoms with Gasteiger partial charge in [0.15, 0.2) is 5.82 Å². The Bertz CT molecular complexity index is 555. The lowest BCUT2D eigenvalue weighted by molar-refractivity contribution is 0.398. The lowest BCUT2D eigenvalue weighted by Gasteiger charge is -2.10. The van der Waals surface area contributed by atoms with Gasteiger partial charge in [-0.15, -0.1) is 0 Å². The smallest absolute Gasteiger partial charge is 0.215 e. The summed E-state index contributed by atoms with van der Waals surface area (Å²) in [6.45, 7) is 0. The lowest BCUT2D eigenvalue weighted by atomic mass is 10.3. The van der Waals surface area contributed by atoms with E-state index in [1.807, 2.05) is 0 Å². The van der Waals surface area contributed by atoms with E-state index >= 15 is 0 Å². The Kier molecular flexibility index (Phi) is 3.79. The van der Waals surface area contributed by atoms with E-state index in [1.54, 1.807) is 37.4 Å². The fourth-order valence-corrected chi connectivity index (χ4v) is 1.95. The molecule has 0 spiro atoms. The van der Waals surface area contributed by atoms with Crippen LogP contribution in [0.3, 0.4) is 0 Å². The Morgan fingerprint density at radius 2 is 1.83 bits per heavy atom. The van der Waals surface area contributed by atoms with E-state index in [2.05, 4.69) is 10.3 Å². The van der Waals surface area contributed by atoms with Crippen molar-refractivity contribution in [2.45, 2.75) is 0 Å². The molecule has 3 N–H and O–H groups in total. The summed E-state index contributed by atoms with van der Waals surface area (Å²) in [6.07, 6.45) is 0. The van der Waals surface area contributed by atoms with Crippen molar-refractivity contribution >= 4 is 40.4 Å². The molecule has 0 saturated carbocycles. The van der Waals surface area contributed by atoms with Crippen LogP contribution in [0, 0.1) is 0 Å². The monoisotopic (exact) mass is 283 g/mol. The molecule has 6 heteroatoms. The fourth-order valence-electron chi connectivity index (χ4n) is 1.43. The zero-order valence-electron chi connectivity index (χ0n) is 9.58. The average Bonchev–Trinajstić information content (AvgIpc) is 2.30. The maximum atomic E-state index is 5.91. The Morgan fingerprint density at radius 3 is 2.44 bits per heavy atom. The second kappa shape index (κ2) is 5.33. The van der Waals surface area contributed by atoms with Crippen LogP contribution in [-0.2, 0) is 0 Å². The lowest BCUT2D eigenvalue weighted by Crippen LogP contribution is -2.00. The Morgan fingerprint density at radius 1 is 1.17 bits per heavy atom. The number of pyridine rings is 1. The molecule has 0 aliphatic rings. The first-order valence-electron chi connectivity index (χ1n) is 5.12. The SMILES string of the molecule is COc1ccc(N)c(Nc2cc(Cl)cc(Cl)c2)n1. The number of nitrogens with zero attached hydrogens (tertiary/aromatic N) is 1. The molecule has 0 fully saturated rings. The molecule has 2 aromatic rings. The molecule has 0 atom stereocenters. The molecule has 4 nitrogen and oxygen atoms in total. The fraction of sp³-hybridized carbons (Fsp3) is 0.0833. The van der Waals surface area contributed by atoms with Gasteiger partial charge >= 0.3 is 0 Å². The summed E-state index contributed by atoms with van der Waals surface area (Å²) in [5, 5.41) is 4.11. The number of nitrogens with one attached hydrogen (secondary N) is 1. The van der Waals surface area contributed by atoms with Gasteiger partial charge in [-0.1, -0.05) is 23.2 Å². The predicted molar refractivity (Wildman–Crippen MR) is 74.9 cm³/mol. The molecule has 2 rings (SSSR count). The van der Waals surface area contributed by atoms with Crippen molar-refractivity contribution in [1.82, 2.24) is 4.98 Å². The first-order chi connectivity index (χ1) is 8.58. The predicted octanol–water partition coefficient (Wildman–Crippen LogP) is 3.72. The number of methoxy groups -OCH3 is 1. The van der Waals surface area contributed by atoms with Gasteiger partial charge in [0.25, 0.3) is 0 Å². The van der Waals surface area contributed by atoms with Crippen LogP contribution in [0.25, 0.3) is 0 Å². The van der Waals surface area contributed by atoms with Gasteiger partial charge in [-0.3, -0.25) is 0 Å². The Hall–Kier alpha value is -1.65. The number of rotatable bonds is 3. The van der Waals surface area contributed by atoms with Gasteiger partial charge in [0.1, 0.15) is 0 Å². The standard InChI is InChI=1S/C12H11Cl2N3O/c1-18-11-3-2-10(15)12(17-11)16-9-5-7(13)4-8(14)6-9/h2-6H,15H2,1H3,(H,16,17). The summed E-state index contributed by atoms with van der Waals surface area (Å²) in [4.78, 5) is 4.20. The summed E-state index contributed by atoms with van der Waals surface area (Å²) >= 11 is 11.8. The number of nitrogens with two attached hydrogens (primary N) is 1. The molecular weight excluding hydrogens is 273 g/mol. The number of halogens is 2. The van der Waals surface area contributed by atoms with E-state index in [0.29, 0.717) is 33.1 Å². The normalized spacial score (nSPS) is 10.2. The number of ether oxygens (including phenoxy) is 1. The van der Waals surface area contributed by atoms with Gasteiger partial charge in [0.2, 0.25) is 5.88 Å². The van der Waals surface area contributed by atoms with Gasteiger partial charge in [-0.2, -0.15) is 4.98 Å². The highest BCUT2D eigenvalue weighted by Crippen LogP contribution is 2.27. The van der Waals surface area contributed by atoms with E-state index in [1.165, 1.54) is 0 Å². The van der Waals surface area contributed by atoms with E-state index in [-0.39, 0.29) is 0 Å². The van der Waals surface area contributed by atoms with Crippen molar-refractivity contribution in [1.29, 1.82) is 0 Å². The highest BCUT2D eigenvalue weighted by Gasteiger charge is 2.05. The number of anilines is 3. The van der Waals surface area contributed by atoms with Crippen LogP contribution in [-0.4, -0.2) is 12.1 Å². The van der Waals surface area contributed by atoms with Crippen molar-refractivity contribution in [2.24, 2.45) is 0 Å². The van der Waals surface area contributed by atoms with Gasteiger partial charge in [0, 0.05) is 21.8 Å². The van der Waals surface area contributed by atoms with Crippen LogP contribution in [0.15, 0.2) is 30.3 Å². The third-order valence-electron chi connectivity index (χ3n) is 2.24. The van der Waals surface area contributed by atoms with Gasteiger partial charge in [0.05, 0.1) is 12.8 Å². The van der Waals surface area contributed by atoms with Crippen LogP contribution in [0.4, 0.5) is 17.2 Å². The third kappa shape index (κ3) is 2.97. The summed E-state index contributed by atoms with van der Waals surface area (Å²) in [6, 6.07) is 8.50. The second-order valence-corrected chi connectivity index (χ2v) is 4.45. The minimum atomic E-state index is 0.472. The van der Waals surface area contributed by atoms with E-state index < -0.39 is 0 Å². The van der Waals surface area contributed by atoms with E-state index in [9.17, 15) is 0 Å². The molecule has 0 unspecified atom stereocenters. The largest absolute Gasteiger partial charge is 0.481 e. The zero-order chi connectivity index (χ0) is 13.1. The first-order valence-corrected chi connectivity index (χ1v) is 5.87. The molecule has 0 radical (unpaired) electrons. The number of hydrogen-bond acceptors (Lipinski definition) is 4. The summed E-state index contributed by atoms with van der Waals surface area (Å²) in [5.74, 6) is 0.965. The number of nitrogen functional groups attached to an aromatic ring is 1. The highest BCUT2D eigenvalue weighted by molar-refractivity contribution is 6.35. The molecule has 1 aromatic carbocycles. The third-order valence-corrected chi connectivity index (χ3v) is 2.67. The average molecular weight is 284 g/mol. The Labute approximate surface area is 115 Å². The van der Waals surface area contributed by atoms with Crippen LogP contribution in [0.5, 0.6) is 5.88 Å². The second-order valence-electron chi connectivity index (χ2n) is 3.57. The number of benzene rings is 1. The van der Waals surface area contributed by atoms with E-state index in [4.69, 9.17) is 33.7 Å². The molecule has 0 amide bonds. The topological polar surface area (TPSA) is 60.2 Å². The van der Waals surface area contributed by atoms with Crippen LogP contribution >= 0.6 is 23.2 Å². The quantitative estimate of drug-likeness (QED) is 0.901. The maximum Gasteiger partial charge on any atom is 0.215 e. The van der Waals surface area contributed by atoms with Crippen molar-refractivity contribution in [3.8, 4) is 5.88 Å². The maximum absolute atomic E-state index is 5.91. The summed E-state index contributed by atoms with van der Waals surface area (Å²) in [7, 11) is 1.54. The molecule has 1 heterocycles. The van der Waals surface area contributed by atoms with Crippen LogP contribution in [0.1, 0.15) is 0 Å². The zero-order valence-corrected chi connectivity index (χ0v) is 11.1. The van der Waals surface area contributed by atoms with Gasteiger partial charge in [-0.05, 0) is 24.3 Å². The molecule has 0 aliphatic heterocycles. The van der Waals surface area contributed by atoms with Crippen LogP contribution in [0.2, 0.25) is 10.0 Å². The van der Waals surface area contributed by atoms with Crippen molar-refractivity contribution in [3.63, 3.8) is 0 Å². The van der Waals surface area contributed by atoms with Gasteiger partial charge in [-0.25, -0.2) is 0 Å². The molecule has 18 heavy (non-hydrogen) atoms. The number of aromatic nitrogens is 1. The first kappa shape index (κ1) is 12.8. The number of hydrogen-bond donors (Lipinski definition) is 2. The molecule has 1 aromatic heterocycles. The summed E-state index contributed by atoms with van der Waals surface area (Å²) in [5.41, 5.74) is 7.04. The van der Waals surface area contributed by atoms with Crippen molar-refractivity contribution < 1.29 is 4.74 Å². The van der Waals surface area contributed by atoms with Crippen LogP contribution < -0.4 is 15.8 Å². The molecule has 0 saturated heterocycles. The summed E-state index contributed by atoms with van der Waals surface area (Å²) < 4.78 is 5.04. The van der Waals surface area contributed by atoms with Crippen molar-refractivity contribution in [2.75, 3.05) is 18.2 Å². The van der Waals surface area contributed by atoms with Crippen molar-refractivity contribution in [3.05, 3.63) is 40.4 Å². The minimum absolute atomic E-state index is 0.472. The molecule has 94 valence electrons. The molecule has 0 aliphatic carbocycles.